The molecule has 0 bridgehead atoms. The van der Waals surface area contributed by atoms with Crippen LogP contribution in [0.15, 0.2) is 42.5 Å². The van der Waals surface area contributed by atoms with Crippen LogP contribution in [0.4, 0.5) is 5.69 Å². The number of halogens is 1. The first-order chi connectivity index (χ1) is 9.60. The molecule has 0 fully saturated rings. The van der Waals surface area contributed by atoms with E-state index in [9.17, 15) is 10.1 Å². The van der Waals surface area contributed by atoms with Crippen molar-refractivity contribution in [3.63, 3.8) is 0 Å². The zero-order chi connectivity index (χ0) is 14.5. The predicted molar refractivity (Wildman–Crippen MR) is 73.9 cm³/mol. The van der Waals surface area contributed by atoms with Gasteiger partial charge in [0.1, 0.15) is 5.75 Å². The number of hydrogen-bond acceptors (Lipinski definition) is 4. The fourth-order valence-corrected chi connectivity index (χ4v) is 1.78. The second-order valence-corrected chi connectivity index (χ2v) is 4.39. The van der Waals surface area contributed by atoms with Crippen molar-refractivity contribution in [2.24, 2.45) is 0 Å². The van der Waals surface area contributed by atoms with Gasteiger partial charge in [0.05, 0.1) is 17.4 Å². The van der Waals surface area contributed by atoms with E-state index in [1.165, 1.54) is 18.2 Å². The van der Waals surface area contributed by atoms with Gasteiger partial charge in [-0.2, -0.15) is 5.26 Å². The minimum Gasteiger partial charge on any atom is -0.450 e. The van der Waals surface area contributed by atoms with E-state index in [2.05, 4.69) is 0 Å². The van der Waals surface area contributed by atoms with E-state index in [-0.39, 0.29) is 16.5 Å². The molecule has 2 rings (SSSR count). The van der Waals surface area contributed by atoms with Crippen LogP contribution in [0.3, 0.4) is 0 Å². The number of nitriles is 1. The largest absolute Gasteiger partial charge is 0.450 e. The van der Waals surface area contributed by atoms with Gasteiger partial charge in [0.25, 0.3) is 0 Å². The smallest absolute Gasteiger partial charge is 0.313 e. The van der Waals surface area contributed by atoms with Gasteiger partial charge in [0, 0.05) is 11.1 Å². The van der Waals surface area contributed by atoms with Crippen LogP contribution in [-0.4, -0.2) is 4.92 Å². The van der Waals surface area contributed by atoms with Crippen molar-refractivity contribution in [2.45, 2.75) is 6.42 Å². The summed E-state index contributed by atoms with van der Waals surface area (Å²) in [7, 11) is 0. The van der Waals surface area contributed by atoms with E-state index in [1.54, 1.807) is 24.3 Å². The van der Waals surface area contributed by atoms with Crippen molar-refractivity contribution in [1.29, 1.82) is 5.26 Å². The minimum atomic E-state index is -0.550. The van der Waals surface area contributed by atoms with Crippen LogP contribution in [0.1, 0.15) is 5.56 Å². The molecule has 0 aliphatic carbocycles. The number of ether oxygens (including phenoxy) is 1. The van der Waals surface area contributed by atoms with Crippen LogP contribution in [0.5, 0.6) is 11.5 Å². The van der Waals surface area contributed by atoms with E-state index < -0.39 is 4.92 Å². The lowest BCUT2D eigenvalue weighted by molar-refractivity contribution is -0.385. The molecule has 0 saturated carbocycles. The van der Waals surface area contributed by atoms with E-state index in [1.807, 2.05) is 6.07 Å². The van der Waals surface area contributed by atoms with Crippen LogP contribution in [0.2, 0.25) is 5.02 Å². The standard InChI is InChI=1S/C14H9ClN2O3/c15-11-3-6-14(13(9-11)17(18)19)20-12-4-1-10(2-5-12)7-8-16/h1-6,9H,7H2. The lowest BCUT2D eigenvalue weighted by atomic mass is 10.2. The Kier molecular flexibility index (Phi) is 4.18. The molecular weight excluding hydrogens is 280 g/mol. The molecule has 0 atom stereocenters. The average molecular weight is 289 g/mol. The normalized spacial score (nSPS) is 9.80. The van der Waals surface area contributed by atoms with E-state index >= 15 is 0 Å². The van der Waals surface area contributed by atoms with Gasteiger partial charge in [0.2, 0.25) is 5.75 Å². The monoisotopic (exact) mass is 288 g/mol. The van der Waals surface area contributed by atoms with Gasteiger partial charge in [-0.05, 0) is 29.8 Å². The number of rotatable bonds is 4. The molecule has 0 aliphatic rings. The zero-order valence-corrected chi connectivity index (χ0v) is 11.0. The van der Waals surface area contributed by atoms with Gasteiger partial charge in [-0.3, -0.25) is 10.1 Å². The van der Waals surface area contributed by atoms with Crippen LogP contribution >= 0.6 is 11.6 Å². The molecule has 5 nitrogen and oxygen atoms in total. The molecule has 0 amide bonds. The number of benzene rings is 2. The first-order valence-electron chi connectivity index (χ1n) is 5.68. The molecule has 6 heteroatoms. The fraction of sp³-hybridized carbons (Fsp3) is 0.0714. The van der Waals surface area contributed by atoms with Gasteiger partial charge in [0.15, 0.2) is 0 Å². The molecule has 0 aromatic heterocycles. The van der Waals surface area contributed by atoms with Crippen molar-refractivity contribution < 1.29 is 9.66 Å². The molecule has 100 valence electrons. The summed E-state index contributed by atoms with van der Waals surface area (Å²) in [5.41, 5.74) is 0.657. The van der Waals surface area contributed by atoms with Gasteiger partial charge >= 0.3 is 5.69 Å². The average Bonchev–Trinajstić information content (AvgIpc) is 2.43. The molecule has 0 unspecified atom stereocenters. The van der Waals surface area contributed by atoms with Gasteiger partial charge in [-0.1, -0.05) is 23.7 Å². The maximum absolute atomic E-state index is 10.9. The summed E-state index contributed by atoms with van der Waals surface area (Å²) in [5.74, 6) is 0.574. The summed E-state index contributed by atoms with van der Waals surface area (Å²) in [6.45, 7) is 0. The molecule has 2 aromatic carbocycles. The molecular formula is C14H9ClN2O3. The topological polar surface area (TPSA) is 76.2 Å². The Bertz CT molecular complexity index is 678. The number of nitro benzene ring substituents is 1. The third-order valence-corrected chi connectivity index (χ3v) is 2.79. The molecule has 2 aromatic rings. The minimum absolute atomic E-state index is 0.118. The number of nitro groups is 1. The third-order valence-electron chi connectivity index (χ3n) is 2.55. The Morgan fingerprint density at radius 2 is 1.95 bits per heavy atom. The van der Waals surface area contributed by atoms with Crippen LogP contribution in [-0.2, 0) is 6.42 Å². The highest BCUT2D eigenvalue weighted by atomic mass is 35.5. The van der Waals surface area contributed by atoms with Crippen molar-refractivity contribution in [1.82, 2.24) is 0 Å². The first-order valence-corrected chi connectivity index (χ1v) is 6.05. The van der Waals surface area contributed by atoms with E-state index in [4.69, 9.17) is 21.6 Å². The highest BCUT2D eigenvalue weighted by Gasteiger charge is 2.16. The SMILES string of the molecule is N#CCc1ccc(Oc2ccc(Cl)cc2[N+](=O)[O-])cc1. The summed E-state index contributed by atoms with van der Waals surface area (Å²) in [6, 6.07) is 13.0. The highest BCUT2D eigenvalue weighted by Crippen LogP contribution is 2.33. The Hall–Kier alpha value is -2.58. The summed E-state index contributed by atoms with van der Waals surface area (Å²) in [5, 5.41) is 19.8. The van der Waals surface area contributed by atoms with E-state index in [0.29, 0.717) is 12.2 Å². The molecule has 20 heavy (non-hydrogen) atoms. The van der Waals surface area contributed by atoms with Crippen LogP contribution in [0, 0.1) is 21.4 Å². The zero-order valence-electron chi connectivity index (χ0n) is 10.2. The second kappa shape index (κ2) is 6.04. The van der Waals surface area contributed by atoms with Crippen LogP contribution in [0.25, 0.3) is 0 Å². The van der Waals surface area contributed by atoms with Crippen molar-refractivity contribution in [2.75, 3.05) is 0 Å². The van der Waals surface area contributed by atoms with Crippen molar-refractivity contribution >= 4 is 17.3 Å². The Labute approximate surface area is 120 Å². The molecule has 0 spiro atoms. The van der Waals surface area contributed by atoms with Crippen molar-refractivity contribution in [3.05, 3.63) is 63.2 Å². The Morgan fingerprint density at radius 3 is 2.55 bits per heavy atom. The highest BCUT2D eigenvalue weighted by molar-refractivity contribution is 6.30. The number of nitrogens with zero attached hydrogens (tertiary/aromatic N) is 2. The Morgan fingerprint density at radius 1 is 1.25 bits per heavy atom. The fourth-order valence-electron chi connectivity index (χ4n) is 1.61. The second-order valence-electron chi connectivity index (χ2n) is 3.95. The number of hydrogen-bond donors (Lipinski definition) is 0. The molecule has 0 radical (unpaired) electrons. The first kappa shape index (κ1) is 13.8. The summed E-state index contributed by atoms with van der Waals surface area (Å²) in [6.07, 6.45) is 0.307. The lowest BCUT2D eigenvalue weighted by Crippen LogP contribution is -1.93. The summed E-state index contributed by atoms with van der Waals surface area (Å²) in [4.78, 5) is 10.4. The van der Waals surface area contributed by atoms with Gasteiger partial charge in [-0.15, -0.1) is 0 Å². The molecule has 0 saturated heterocycles. The Balaban J connectivity index is 2.26. The summed E-state index contributed by atoms with van der Waals surface area (Å²) >= 11 is 5.73. The van der Waals surface area contributed by atoms with Gasteiger partial charge in [-0.25, -0.2) is 0 Å². The molecule has 0 N–H and O–H groups in total. The molecule has 0 heterocycles. The quantitative estimate of drug-likeness (QED) is 0.626. The van der Waals surface area contributed by atoms with Crippen molar-refractivity contribution in [3.8, 4) is 17.6 Å². The lowest BCUT2D eigenvalue weighted by Gasteiger charge is -2.07. The van der Waals surface area contributed by atoms with Gasteiger partial charge < -0.3 is 4.74 Å². The maximum atomic E-state index is 10.9. The van der Waals surface area contributed by atoms with Crippen LogP contribution < -0.4 is 4.74 Å². The van der Waals surface area contributed by atoms with E-state index in [0.717, 1.165) is 5.56 Å². The third kappa shape index (κ3) is 3.25. The molecule has 0 aliphatic heterocycles. The summed E-state index contributed by atoms with van der Waals surface area (Å²) < 4.78 is 5.48. The predicted octanol–water partition coefficient (Wildman–Crippen LogP) is 4.11. The maximum Gasteiger partial charge on any atom is 0.313 e.